The smallest absolute Gasteiger partial charge is 0.396 e. The second-order valence-corrected chi connectivity index (χ2v) is 7.20. The first-order valence-electron chi connectivity index (χ1n) is 9.81. The standard InChI is InChI=1S/C23H22F3N3O/c24-23(25,26)18-5-7-20(8-6-18)29-12-11-27-15-17-14-16(4-9-22(17)29)21-3-1-2-19(28-21)10-13-30/h1-9,14,27,30H,10-13,15H2. The van der Waals surface area contributed by atoms with E-state index in [0.717, 1.165) is 52.6 Å². The molecule has 4 nitrogen and oxygen atoms in total. The number of rotatable bonds is 4. The van der Waals surface area contributed by atoms with Crippen molar-refractivity contribution in [2.75, 3.05) is 24.6 Å². The normalized spacial score (nSPS) is 14.3. The Balaban J connectivity index is 1.67. The summed E-state index contributed by atoms with van der Waals surface area (Å²) in [5.41, 5.74) is 4.72. The maximum atomic E-state index is 12.9. The average molecular weight is 413 g/mol. The van der Waals surface area contributed by atoms with E-state index >= 15 is 0 Å². The Morgan fingerprint density at radius 1 is 1.03 bits per heavy atom. The number of aliphatic hydroxyl groups excluding tert-OH is 1. The van der Waals surface area contributed by atoms with Gasteiger partial charge in [0.15, 0.2) is 0 Å². The molecule has 1 aliphatic rings. The lowest BCUT2D eigenvalue weighted by Crippen LogP contribution is -2.24. The average Bonchev–Trinajstić information content (AvgIpc) is 2.95. The number of aromatic nitrogens is 1. The van der Waals surface area contributed by atoms with E-state index in [1.807, 2.05) is 35.2 Å². The second kappa shape index (κ2) is 8.45. The van der Waals surface area contributed by atoms with Gasteiger partial charge >= 0.3 is 6.18 Å². The van der Waals surface area contributed by atoms with E-state index in [-0.39, 0.29) is 6.61 Å². The van der Waals surface area contributed by atoms with Crippen LogP contribution in [-0.4, -0.2) is 29.8 Å². The van der Waals surface area contributed by atoms with Gasteiger partial charge in [0, 0.05) is 55.3 Å². The van der Waals surface area contributed by atoms with Gasteiger partial charge in [-0.1, -0.05) is 12.1 Å². The molecular formula is C23H22F3N3O. The van der Waals surface area contributed by atoms with Crippen molar-refractivity contribution in [2.45, 2.75) is 19.1 Å². The zero-order valence-electron chi connectivity index (χ0n) is 16.3. The Bertz CT molecular complexity index is 1020. The van der Waals surface area contributed by atoms with E-state index in [9.17, 15) is 13.2 Å². The van der Waals surface area contributed by atoms with Crippen LogP contribution >= 0.6 is 0 Å². The minimum atomic E-state index is -4.34. The Labute approximate surface area is 173 Å². The monoisotopic (exact) mass is 413 g/mol. The number of aliphatic hydroxyl groups is 1. The number of hydrogen-bond acceptors (Lipinski definition) is 4. The van der Waals surface area contributed by atoms with Gasteiger partial charge in [-0.25, -0.2) is 0 Å². The number of hydrogen-bond donors (Lipinski definition) is 2. The Hall–Kier alpha value is -2.90. The van der Waals surface area contributed by atoms with Crippen LogP contribution in [0.2, 0.25) is 0 Å². The van der Waals surface area contributed by atoms with Crippen molar-refractivity contribution in [1.29, 1.82) is 0 Å². The highest BCUT2D eigenvalue weighted by Crippen LogP contribution is 2.35. The maximum absolute atomic E-state index is 12.9. The lowest BCUT2D eigenvalue weighted by atomic mass is 10.0. The van der Waals surface area contributed by atoms with Gasteiger partial charge in [0.05, 0.1) is 11.3 Å². The summed E-state index contributed by atoms with van der Waals surface area (Å²) in [6.07, 6.45) is -3.84. The molecule has 0 saturated heterocycles. The fraction of sp³-hybridized carbons (Fsp3) is 0.261. The summed E-state index contributed by atoms with van der Waals surface area (Å²) < 4.78 is 38.7. The van der Waals surface area contributed by atoms with Crippen LogP contribution in [0, 0.1) is 0 Å². The van der Waals surface area contributed by atoms with Gasteiger partial charge in [0.25, 0.3) is 0 Å². The fourth-order valence-electron chi connectivity index (χ4n) is 3.68. The van der Waals surface area contributed by atoms with E-state index in [4.69, 9.17) is 5.11 Å². The van der Waals surface area contributed by atoms with Gasteiger partial charge in [-0.3, -0.25) is 4.98 Å². The van der Waals surface area contributed by atoms with Crippen LogP contribution in [0.15, 0.2) is 60.7 Å². The van der Waals surface area contributed by atoms with Crippen LogP contribution in [0.25, 0.3) is 11.3 Å². The molecule has 0 unspecified atom stereocenters. The highest BCUT2D eigenvalue weighted by atomic mass is 19.4. The molecule has 1 aliphatic heterocycles. The molecule has 7 heteroatoms. The third-order valence-electron chi connectivity index (χ3n) is 5.17. The van der Waals surface area contributed by atoms with Crippen molar-refractivity contribution in [3.63, 3.8) is 0 Å². The van der Waals surface area contributed by atoms with Gasteiger partial charge in [-0.15, -0.1) is 0 Å². The molecule has 2 N–H and O–H groups in total. The molecule has 0 bridgehead atoms. The number of pyridine rings is 1. The van der Waals surface area contributed by atoms with E-state index in [1.165, 1.54) is 12.1 Å². The number of halogens is 3. The van der Waals surface area contributed by atoms with Gasteiger partial charge in [0.1, 0.15) is 0 Å². The molecule has 0 saturated carbocycles. The highest BCUT2D eigenvalue weighted by Gasteiger charge is 2.30. The molecule has 4 rings (SSSR count). The number of benzene rings is 2. The summed E-state index contributed by atoms with van der Waals surface area (Å²) in [4.78, 5) is 6.65. The summed E-state index contributed by atoms with van der Waals surface area (Å²) in [5.74, 6) is 0. The third kappa shape index (κ3) is 4.32. The molecule has 1 aromatic heterocycles. The summed E-state index contributed by atoms with van der Waals surface area (Å²) in [6.45, 7) is 2.08. The maximum Gasteiger partial charge on any atom is 0.416 e. The zero-order chi connectivity index (χ0) is 21.1. The first-order chi connectivity index (χ1) is 14.5. The molecule has 2 aromatic carbocycles. The predicted octanol–water partition coefficient (Wildman–Crippen LogP) is 4.54. The molecule has 2 heterocycles. The Morgan fingerprint density at radius 3 is 2.57 bits per heavy atom. The van der Waals surface area contributed by atoms with Gasteiger partial charge in [-0.2, -0.15) is 13.2 Å². The first-order valence-corrected chi connectivity index (χ1v) is 9.81. The van der Waals surface area contributed by atoms with Crippen molar-refractivity contribution in [3.8, 4) is 11.3 Å². The van der Waals surface area contributed by atoms with Crippen LogP contribution < -0.4 is 10.2 Å². The van der Waals surface area contributed by atoms with Crippen molar-refractivity contribution in [1.82, 2.24) is 10.3 Å². The van der Waals surface area contributed by atoms with Gasteiger partial charge in [-0.05, 0) is 54.1 Å². The number of fused-ring (bicyclic) bond motifs is 1. The molecule has 0 atom stereocenters. The minimum absolute atomic E-state index is 0.0483. The fourth-order valence-corrected chi connectivity index (χ4v) is 3.68. The quantitative estimate of drug-likeness (QED) is 0.659. The molecular weight excluding hydrogens is 391 g/mol. The van der Waals surface area contributed by atoms with E-state index < -0.39 is 11.7 Å². The van der Waals surface area contributed by atoms with Crippen molar-refractivity contribution in [2.24, 2.45) is 0 Å². The second-order valence-electron chi connectivity index (χ2n) is 7.20. The summed E-state index contributed by atoms with van der Waals surface area (Å²) >= 11 is 0. The minimum Gasteiger partial charge on any atom is -0.396 e. The summed E-state index contributed by atoms with van der Waals surface area (Å²) in [7, 11) is 0. The van der Waals surface area contributed by atoms with Crippen molar-refractivity contribution in [3.05, 3.63) is 77.5 Å². The number of anilines is 2. The molecule has 0 radical (unpaired) electrons. The molecule has 0 fully saturated rings. The van der Waals surface area contributed by atoms with Crippen LogP contribution in [0.4, 0.5) is 24.5 Å². The third-order valence-corrected chi connectivity index (χ3v) is 5.17. The van der Waals surface area contributed by atoms with E-state index in [1.54, 1.807) is 0 Å². The van der Waals surface area contributed by atoms with E-state index in [2.05, 4.69) is 16.4 Å². The van der Waals surface area contributed by atoms with Crippen LogP contribution in [0.3, 0.4) is 0 Å². The molecule has 0 spiro atoms. The lowest BCUT2D eigenvalue weighted by Gasteiger charge is -2.25. The summed E-state index contributed by atoms with van der Waals surface area (Å²) in [6, 6.07) is 17.1. The molecule has 156 valence electrons. The van der Waals surface area contributed by atoms with Gasteiger partial charge < -0.3 is 15.3 Å². The molecule has 0 amide bonds. The lowest BCUT2D eigenvalue weighted by molar-refractivity contribution is -0.137. The van der Waals surface area contributed by atoms with Gasteiger partial charge in [0.2, 0.25) is 0 Å². The number of nitrogens with zero attached hydrogens (tertiary/aromatic N) is 2. The van der Waals surface area contributed by atoms with Crippen molar-refractivity contribution < 1.29 is 18.3 Å². The topological polar surface area (TPSA) is 48.4 Å². The first kappa shape index (κ1) is 20.4. The number of alkyl halides is 3. The van der Waals surface area contributed by atoms with Crippen LogP contribution in [0.1, 0.15) is 16.8 Å². The molecule has 0 aliphatic carbocycles. The largest absolute Gasteiger partial charge is 0.416 e. The molecule has 3 aromatic rings. The van der Waals surface area contributed by atoms with Crippen LogP contribution in [-0.2, 0) is 19.1 Å². The Morgan fingerprint density at radius 2 is 1.83 bits per heavy atom. The van der Waals surface area contributed by atoms with E-state index in [0.29, 0.717) is 19.5 Å². The Kier molecular flexibility index (Phi) is 5.74. The zero-order valence-corrected chi connectivity index (χ0v) is 16.3. The highest BCUT2D eigenvalue weighted by molar-refractivity contribution is 5.72. The number of nitrogens with one attached hydrogen (secondary N) is 1. The van der Waals surface area contributed by atoms with Crippen LogP contribution in [0.5, 0.6) is 0 Å². The summed E-state index contributed by atoms with van der Waals surface area (Å²) in [5, 5.41) is 12.5. The SMILES string of the molecule is OCCc1cccc(-c2ccc3c(c2)CNCCN3c2ccc(C(F)(F)F)cc2)n1. The van der Waals surface area contributed by atoms with Crippen molar-refractivity contribution >= 4 is 11.4 Å². The predicted molar refractivity (Wildman–Crippen MR) is 111 cm³/mol. The molecule has 30 heavy (non-hydrogen) atoms.